The van der Waals surface area contributed by atoms with E-state index < -0.39 is 23.3 Å². The van der Waals surface area contributed by atoms with Crippen LogP contribution in [0.3, 0.4) is 0 Å². The average molecular weight is 308 g/mol. The monoisotopic (exact) mass is 308 g/mol. The first-order valence-electron chi connectivity index (χ1n) is 7.53. The Labute approximate surface area is 130 Å². The largest absolute Gasteiger partial charge is 0.459 e. The third-order valence-corrected chi connectivity index (χ3v) is 4.19. The minimum absolute atomic E-state index is 0.136. The van der Waals surface area contributed by atoms with Gasteiger partial charge in [0.25, 0.3) is 0 Å². The lowest BCUT2D eigenvalue weighted by atomic mass is 9.94. The molecule has 3 atom stereocenters. The molecule has 2 N–H and O–H groups in total. The van der Waals surface area contributed by atoms with E-state index in [0.717, 1.165) is 0 Å². The Hall–Kier alpha value is -1.43. The molecule has 122 valence electrons. The number of benzene rings is 1. The summed E-state index contributed by atoms with van der Waals surface area (Å²) in [5.74, 6) is -0.472. The second-order valence-electron chi connectivity index (χ2n) is 6.59. The van der Waals surface area contributed by atoms with E-state index in [4.69, 9.17) is 9.47 Å². The van der Waals surface area contributed by atoms with Crippen LogP contribution < -0.4 is 0 Å². The van der Waals surface area contributed by atoms with Gasteiger partial charge in [0.1, 0.15) is 12.7 Å². The molecule has 0 saturated carbocycles. The summed E-state index contributed by atoms with van der Waals surface area (Å²) < 4.78 is 11.0. The molecule has 2 rings (SSSR count). The average Bonchev–Trinajstić information content (AvgIpc) is 2.89. The van der Waals surface area contributed by atoms with Crippen molar-refractivity contribution < 1.29 is 24.5 Å². The van der Waals surface area contributed by atoms with Gasteiger partial charge in [-0.3, -0.25) is 0 Å². The van der Waals surface area contributed by atoms with Gasteiger partial charge in [-0.25, -0.2) is 4.79 Å². The number of esters is 1. The fourth-order valence-electron chi connectivity index (χ4n) is 2.59. The summed E-state index contributed by atoms with van der Waals surface area (Å²) in [6.45, 7) is 5.01. The maximum absolute atomic E-state index is 11.9. The molecule has 0 amide bonds. The van der Waals surface area contributed by atoms with Crippen LogP contribution in [0.4, 0.5) is 0 Å². The molecular weight excluding hydrogens is 284 g/mol. The molecule has 1 aliphatic rings. The Kier molecular flexibility index (Phi) is 4.90. The first-order valence-corrected chi connectivity index (χ1v) is 7.53. The van der Waals surface area contributed by atoms with E-state index in [1.807, 2.05) is 6.07 Å². The molecule has 1 fully saturated rings. The van der Waals surface area contributed by atoms with Crippen molar-refractivity contribution in [2.24, 2.45) is 0 Å². The topological polar surface area (TPSA) is 76.0 Å². The Morgan fingerprint density at radius 3 is 2.64 bits per heavy atom. The maximum atomic E-state index is 11.9. The van der Waals surface area contributed by atoms with Crippen LogP contribution in [0.15, 0.2) is 30.3 Å². The summed E-state index contributed by atoms with van der Waals surface area (Å²) in [6.07, 6.45) is -0.0143. The van der Waals surface area contributed by atoms with Gasteiger partial charge in [0.15, 0.2) is 0 Å². The minimum atomic E-state index is -0.960. The minimum Gasteiger partial charge on any atom is -0.459 e. The number of ether oxygens (including phenoxy) is 2. The lowest BCUT2D eigenvalue weighted by molar-refractivity contribution is -0.160. The molecule has 5 nitrogen and oxygen atoms in total. The number of hydrogen-bond donors (Lipinski definition) is 2. The predicted octanol–water partition coefficient (Wildman–Crippen LogP) is 1.91. The maximum Gasteiger partial charge on any atom is 0.338 e. The van der Waals surface area contributed by atoms with Crippen molar-refractivity contribution in [2.75, 3.05) is 6.61 Å². The van der Waals surface area contributed by atoms with Crippen molar-refractivity contribution >= 4 is 5.97 Å². The van der Waals surface area contributed by atoms with Crippen molar-refractivity contribution in [1.29, 1.82) is 0 Å². The third-order valence-electron chi connectivity index (χ3n) is 4.19. The van der Waals surface area contributed by atoms with E-state index in [-0.39, 0.29) is 12.7 Å². The van der Waals surface area contributed by atoms with Crippen LogP contribution in [-0.2, 0) is 9.47 Å². The molecule has 1 heterocycles. The van der Waals surface area contributed by atoms with Crippen LogP contribution in [-0.4, -0.2) is 46.2 Å². The second-order valence-corrected chi connectivity index (χ2v) is 6.59. The molecule has 22 heavy (non-hydrogen) atoms. The van der Waals surface area contributed by atoms with Gasteiger partial charge in [0.2, 0.25) is 0 Å². The summed E-state index contributed by atoms with van der Waals surface area (Å²) in [4.78, 5) is 11.9. The Bertz CT molecular complexity index is 508. The lowest BCUT2D eigenvalue weighted by Crippen LogP contribution is -2.45. The summed E-state index contributed by atoms with van der Waals surface area (Å²) in [5.41, 5.74) is -1.33. The van der Waals surface area contributed by atoms with Gasteiger partial charge >= 0.3 is 5.97 Å². The standard InChI is InChI=1S/C17H24O5/c1-16(2,20)14-9-10-17(3,22-14)13(18)11-21-15(19)12-7-5-4-6-8-12/h4-8,13-14,18,20H,9-11H2,1-3H3/t13?,14-,17?/m1/s1. The molecular formula is C17H24O5. The van der Waals surface area contributed by atoms with Crippen molar-refractivity contribution in [1.82, 2.24) is 0 Å². The quantitative estimate of drug-likeness (QED) is 0.813. The summed E-state index contributed by atoms with van der Waals surface area (Å²) >= 11 is 0. The van der Waals surface area contributed by atoms with Crippen molar-refractivity contribution in [3.05, 3.63) is 35.9 Å². The highest BCUT2D eigenvalue weighted by Crippen LogP contribution is 2.37. The number of carbonyl (C=O) groups is 1. The van der Waals surface area contributed by atoms with E-state index in [1.54, 1.807) is 45.0 Å². The van der Waals surface area contributed by atoms with Crippen LogP contribution in [0.2, 0.25) is 0 Å². The molecule has 0 bridgehead atoms. The number of aliphatic hydroxyl groups is 2. The third kappa shape index (κ3) is 3.85. The van der Waals surface area contributed by atoms with Gasteiger partial charge in [0, 0.05) is 0 Å². The van der Waals surface area contributed by atoms with E-state index in [0.29, 0.717) is 18.4 Å². The van der Waals surface area contributed by atoms with E-state index >= 15 is 0 Å². The highest BCUT2D eigenvalue weighted by molar-refractivity contribution is 5.89. The zero-order valence-electron chi connectivity index (χ0n) is 13.3. The molecule has 0 spiro atoms. The predicted molar refractivity (Wildman–Crippen MR) is 81.5 cm³/mol. The summed E-state index contributed by atoms with van der Waals surface area (Å²) in [6, 6.07) is 8.64. The molecule has 1 saturated heterocycles. The molecule has 2 unspecified atom stereocenters. The van der Waals surface area contributed by atoms with Gasteiger partial charge in [-0.15, -0.1) is 0 Å². The van der Waals surface area contributed by atoms with Gasteiger partial charge < -0.3 is 19.7 Å². The van der Waals surface area contributed by atoms with Crippen molar-refractivity contribution in [3.8, 4) is 0 Å². The van der Waals surface area contributed by atoms with E-state index in [1.165, 1.54) is 0 Å². The summed E-state index contributed by atoms with van der Waals surface area (Å²) in [7, 11) is 0. The second kappa shape index (κ2) is 6.36. The Morgan fingerprint density at radius 2 is 2.09 bits per heavy atom. The van der Waals surface area contributed by atoms with Crippen LogP contribution in [0.25, 0.3) is 0 Å². The Balaban J connectivity index is 1.90. The molecule has 0 aromatic heterocycles. The van der Waals surface area contributed by atoms with Gasteiger partial charge in [-0.2, -0.15) is 0 Å². The van der Waals surface area contributed by atoms with E-state index in [9.17, 15) is 15.0 Å². The number of hydrogen-bond acceptors (Lipinski definition) is 5. The fourth-order valence-corrected chi connectivity index (χ4v) is 2.59. The SMILES string of the molecule is CC1(C(O)COC(=O)c2ccccc2)CC[C@H](C(C)(C)O)O1. The summed E-state index contributed by atoms with van der Waals surface area (Å²) in [5, 5.41) is 20.3. The van der Waals surface area contributed by atoms with Crippen molar-refractivity contribution in [3.63, 3.8) is 0 Å². The molecule has 1 aromatic carbocycles. The lowest BCUT2D eigenvalue weighted by Gasteiger charge is -2.33. The smallest absolute Gasteiger partial charge is 0.338 e. The Morgan fingerprint density at radius 1 is 1.45 bits per heavy atom. The van der Waals surface area contributed by atoms with Crippen LogP contribution in [0.5, 0.6) is 0 Å². The zero-order valence-corrected chi connectivity index (χ0v) is 13.3. The molecule has 0 aliphatic carbocycles. The van der Waals surface area contributed by atoms with Crippen molar-refractivity contribution in [2.45, 2.75) is 57.0 Å². The number of carbonyl (C=O) groups excluding carboxylic acids is 1. The molecule has 0 radical (unpaired) electrons. The fraction of sp³-hybridized carbons (Fsp3) is 0.588. The van der Waals surface area contributed by atoms with Gasteiger partial charge in [-0.05, 0) is 45.7 Å². The van der Waals surface area contributed by atoms with Crippen LogP contribution >= 0.6 is 0 Å². The molecule has 1 aliphatic heterocycles. The van der Waals surface area contributed by atoms with Crippen LogP contribution in [0, 0.1) is 0 Å². The van der Waals surface area contributed by atoms with Gasteiger partial charge in [0.05, 0.1) is 22.9 Å². The first kappa shape index (κ1) is 16.9. The zero-order chi connectivity index (χ0) is 16.4. The van der Waals surface area contributed by atoms with E-state index in [2.05, 4.69) is 0 Å². The van der Waals surface area contributed by atoms with Gasteiger partial charge in [-0.1, -0.05) is 18.2 Å². The highest BCUT2D eigenvalue weighted by atomic mass is 16.6. The molecule has 5 heteroatoms. The normalized spacial score (nSPS) is 26.7. The van der Waals surface area contributed by atoms with Crippen LogP contribution in [0.1, 0.15) is 44.0 Å². The number of rotatable bonds is 5. The molecule has 1 aromatic rings. The first-order chi connectivity index (χ1) is 10.2. The number of aliphatic hydroxyl groups excluding tert-OH is 1. The highest BCUT2D eigenvalue weighted by Gasteiger charge is 2.46.